The van der Waals surface area contributed by atoms with Crippen LogP contribution < -0.4 is 5.73 Å². The van der Waals surface area contributed by atoms with Crippen molar-refractivity contribution in [3.63, 3.8) is 0 Å². The Balaban J connectivity index is 2.27. The van der Waals surface area contributed by atoms with E-state index in [0.29, 0.717) is 6.42 Å². The zero-order valence-electron chi connectivity index (χ0n) is 8.76. The molecule has 0 radical (unpaired) electrons. The van der Waals surface area contributed by atoms with Gasteiger partial charge >= 0.3 is 5.97 Å². The van der Waals surface area contributed by atoms with Crippen LogP contribution in [0.3, 0.4) is 0 Å². The molecule has 0 saturated heterocycles. The first-order valence-electron chi connectivity index (χ1n) is 5.36. The number of carbonyl (C=O) groups is 1. The van der Waals surface area contributed by atoms with E-state index in [1.807, 2.05) is 0 Å². The van der Waals surface area contributed by atoms with Crippen molar-refractivity contribution in [2.24, 2.45) is 11.7 Å². The second kappa shape index (κ2) is 6.05. The van der Waals surface area contributed by atoms with E-state index in [9.17, 15) is 9.90 Å². The van der Waals surface area contributed by atoms with E-state index in [4.69, 9.17) is 15.6 Å². The van der Waals surface area contributed by atoms with Gasteiger partial charge in [0, 0.05) is 6.54 Å². The molecule has 1 aliphatic rings. The van der Waals surface area contributed by atoms with Gasteiger partial charge in [0.25, 0.3) is 0 Å². The highest BCUT2D eigenvalue weighted by Crippen LogP contribution is 2.26. The van der Waals surface area contributed by atoms with Crippen LogP contribution in [0.25, 0.3) is 0 Å². The molecule has 3 atom stereocenters. The molecule has 1 aliphatic carbocycles. The van der Waals surface area contributed by atoms with Crippen LogP contribution >= 0.6 is 0 Å². The number of aliphatic hydroxyl groups excluding tert-OH is 1. The Morgan fingerprint density at radius 2 is 2.27 bits per heavy atom. The van der Waals surface area contributed by atoms with E-state index in [1.54, 1.807) is 0 Å². The molecule has 0 aliphatic heterocycles. The van der Waals surface area contributed by atoms with Crippen molar-refractivity contribution in [3.8, 4) is 0 Å². The molecule has 1 saturated carbocycles. The molecule has 0 aromatic rings. The molecule has 88 valence electrons. The normalized spacial score (nSPS) is 28.7. The fourth-order valence-electron chi connectivity index (χ4n) is 1.84. The van der Waals surface area contributed by atoms with Crippen LogP contribution in [0.1, 0.15) is 25.7 Å². The van der Waals surface area contributed by atoms with Crippen molar-refractivity contribution in [1.29, 1.82) is 0 Å². The molecule has 0 heterocycles. The minimum Gasteiger partial charge on any atom is -0.481 e. The topological polar surface area (TPSA) is 92.8 Å². The van der Waals surface area contributed by atoms with E-state index < -0.39 is 12.1 Å². The van der Waals surface area contributed by atoms with Crippen molar-refractivity contribution in [2.75, 3.05) is 13.2 Å². The van der Waals surface area contributed by atoms with Crippen LogP contribution in [-0.4, -0.2) is 41.5 Å². The van der Waals surface area contributed by atoms with E-state index in [0.717, 1.165) is 19.3 Å². The average Bonchev–Trinajstić information content (AvgIpc) is 2.26. The Hall–Kier alpha value is -0.650. The highest BCUT2D eigenvalue weighted by atomic mass is 16.5. The summed E-state index contributed by atoms with van der Waals surface area (Å²) in [6, 6.07) is 0. The lowest BCUT2D eigenvalue weighted by Gasteiger charge is -2.27. The lowest BCUT2D eigenvalue weighted by Crippen LogP contribution is -2.32. The largest absolute Gasteiger partial charge is 0.481 e. The second-order valence-corrected chi connectivity index (χ2v) is 4.05. The van der Waals surface area contributed by atoms with Crippen molar-refractivity contribution >= 4 is 5.97 Å². The van der Waals surface area contributed by atoms with E-state index in [-0.39, 0.29) is 25.2 Å². The van der Waals surface area contributed by atoms with E-state index in [1.165, 1.54) is 0 Å². The molecule has 1 fully saturated rings. The number of rotatable bonds is 5. The summed E-state index contributed by atoms with van der Waals surface area (Å²) in [6.45, 7) is 0.378. The first-order valence-corrected chi connectivity index (χ1v) is 5.36. The predicted octanol–water partition coefficient (Wildman–Crippen LogP) is -0.0340. The summed E-state index contributed by atoms with van der Waals surface area (Å²) in [7, 11) is 0. The zero-order valence-corrected chi connectivity index (χ0v) is 8.76. The molecular formula is C10H19NO4. The second-order valence-electron chi connectivity index (χ2n) is 4.05. The van der Waals surface area contributed by atoms with Crippen LogP contribution in [0.2, 0.25) is 0 Å². The number of hydrogen-bond acceptors (Lipinski definition) is 4. The molecule has 3 unspecified atom stereocenters. The van der Waals surface area contributed by atoms with Gasteiger partial charge in [-0.2, -0.15) is 0 Å². The number of hydrogen-bond donors (Lipinski definition) is 3. The predicted molar refractivity (Wildman–Crippen MR) is 54.4 cm³/mol. The lowest BCUT2D eigenvalue weighted by atomic mass is 9.87. The number of carboxylic acid groups (broad SMARTS) is 1. The van der Waals surface area contributed by atoms with Gasteiger partial charge in [0.1, 0.15) is 0 Å². The SMILES string of the molecule is NCC(O)COC1CCCC(C(=O)O)C1. The number of ether oxygens (including phenoxy) is 1. The van der Waals surface area contributed by atoms with Crippen LogP contribution in [0.5, 0.6) is 0 Å². The maximum absolute atomic E-state index is 10.8. The third-order valence-electron chi connectivity index (χ3n) is 2.77. The summed E-state index contributed by atoms with van der Waals surface area (Å²) in [5.41, 5.74) is 5.24. The monoisotopic (exact) mass is 217 g/mol. The Kier molecular flexibility index (Phi) is 5.01. The molecule has 0 amide bonds. The average molecular weight is 217 g/mol. The van der Waals surface area contributed by atoms with E-state index >= 15 is 0 Å². The number of carboxylic acids is 1. The highest BCUT2D eigenvalue weighted by molar-refractivity contribution is 5.70. The van der Waals surface area contributed by atoms with Crippen LogP contribution in [0, 0.1) is 5.92 Å². The van der Waals surface area contributed by atoms with Gasteiger partial charge in [-0.05, 0) is 19.3 Å². The van der Waals surface area contributed by atoms with Crippen LogP contribution in [0.4, 0.5) is 0 Å². The third kappa shape index (κ3) is 4.15. The van der Waals surface area contributed by atoms with Gasteiger partial charge < -0.3 is 20.7 Å². The smallest absolute Gasteiger partial charge is 0.306 e. The van der Waals surface area contributed by atoms with Gasteiger partial charge in [0.15, 0.2) is 0 Å². The molecule has 0 bridgehead atoms. The quantitative estimate of drug-likeness (QED) is 0.601. The zero-order chi connectivity index (χ0) is 11.3. The van der Waals surface area contributed by atoms with Crippen molar-refractivity contribution in [3.05, 3.63) is 0 Å². The van der Waals surface area contributed by atoms with Gasteiger partial charge in [0.2, 0.25) is 0 Å². The molecule has 4 N–H and O–H groups in total. The third-order valence-corrected chi connectivity index (χ3v) is 2.77. The van der Waals surface area contributed by atoms with Crippen LogP contribution in [0.15, 0.2) is 0 Å². The van der Waals surface area contributed by atoms with Gasteiger partial charge in [-0.3, -0.25) is 4.79 Å². The summed E-state index contributed by atoms with van der Waals surface area (Å²) in [5.74, 6) is -1.04. The summed E-state index contributed by atoms with van der Waals surface area (Å²) in [6.07, 6.45) is 2.35. The number of aliphatic carboxylic acids is 1. The van der Waals surface area contributed by atoms with Crippen molar-refractivity contribution < 1.29 is 19.7 Å². The van der Waals surface area contributed by atoms with Crippen molar-refractivity contribution in [1.82, 2.24) is 0 Å². The molecule has 15 heavy (non-hydrogen) atoms. The minimum atomic E-state index is -0.748. The molecule has 1 rings (SSSR count). The Morgan fingerprint density at radius 3 is 2.87 bits per heavy atom. The van der Waals surface area contributed by atoms with E-state index in [2.05, 4.69) is 0 Å². The van der Waals surface area contributed by atoms with Gasteiger partial charge in [-0.1, -0.05) is 6.42 Å². The molecule has 0 spiro atoms. The summed E-state index contributed by atoms with van der Waals surface area (Å²) in [5, 5.41) is 18.1. The Morgan fingerprint density at radius 1 is 1.53 bits per heavy atom. The van der Waals surface area contributed by atoms with Crippen LogP contribution in [-0.2, 0) is 9.53 Å². The summed E-state index contributed by atoms with van der Waals surface area (Å²) >= 11 is 0. The van der Waals surface area contributed by atoms with Gasteiger partial charge in [-0.15, -0.1) is 0 Å². The first-order chi connectivity index (χ1) is 7.13. The van der Waals surface area contributed by atoms with Crippen molar-refractivity contribution in [2.45, 2.75) is 37.9 Å². The summed E-state index contributed by atoms with van der Waals surface area (Å²) < 4.78 is 5.42. The standard InChI is InChI=1S/C10H19NO4/c11-5-8(12)6-15-9-3-1-2-7(4-9)10(13)14/h7-9,12H,1-6,11H2,(H,13,14). The maximum atomic E-state index is 10.8. The lowest BCUT2D eigenvalue weighted by molar-refractivity contribution is -0.145. The molecule has 5 nitrogen and oxygen atoms in total. The first kappa shape index (κ1) is 12.4. The Labute approximate surface area is 89.2 Å². The fraction of sp³-hybridized carbons (Fsp3) is 0.900. The fourth-order valence-corrected chi connectivity index (χ4v) is 1.84. The minimum absolute atomic E-state index is 0.0407. The van der Waals surface area contributed by atoms with Gasteiger partial charge in [-0.25, -0.2) is 0 Å². The summed E-state index contributed by atoms with van der Waals surface area (Å²) in [4.78, 5) is 10.8. The molecule has 0 aromatic heterocycles. The number of aliphatic hydroxyl groups is 1. The maximum Gasteiger partial charge on any atom is 0.306 e. The highest BCUT2D eigenvalue weighted by Gasteiger charge is 2.27. The molecule has 5 heteroatoms. The number of nitrogens with two attached hydrogens (primary N) is 1. The van der Waals surface area contributed by atoms with Gasteiger partial charge in [0.05, 0.1) is 24.7 Å². The Bertz CT molecular complexity index is 210. The molecule has 0 aromatic carbocycles. The molecular weight excluding hydrogens is 198 g/mol.